The van der Waals surface area contributed by atoms with Crippen molar-refractivity contribution in [1.29, 1.82) is 0 Å². The number of furan rings is 1. The molecule has 0 N–H and O–H groups in total. The fourth-order valence-corrected chi connectivity index (χ4v) is 2.71. The molecule has 1 atom stereocenters. The van der Waals surface area contributed by atoms with E-state index in [0.717, 1.165) is 6.07 Å². The van der Waals surface area contributed by atoms with Gasteiger partial charge in [0.25, 0.3) is 5.91 Å². The fourth-order valence-electron chi connectivity index (χ4n) is 2.71. The lowest BCUT2D eigenvalue weighted by Crippen LogP contribution is -2.41. The molecule has 1 saturated heterocycles. The summed E-state index contributed by atoms with van der Waals surface area (Å²) in [6, 6.07) is 3.40. The summed E-state index contributed by atoms with van der Waals surface area (Å²) in [5.74, 6) is -1.73. The number of hydrogen-bond acceptors (Lipinski definition) is 7. The van der Waals surface area contributed by atoms with Crippen LogP contribution < -0.4 is 0 Å². The molecule has 10 nitrogen and oxygen atoms in total. The molecule has 132 valence electrons. The van der Waals surface area contributed by atoms with Crippen molar-refractivity contribution in [1.82, 2.24) is 14.7 Å². The van der Waals surface area contributed by atoms with Gasteiger partial charge in [0.05, 0.1) is 12.6 Å². The predicted molar refractivity (Wildman–Crippen MR) is 82.6 cm³/mol. The average molecular weight is 348 g/mol. The molecule has 3 heterocycles. The van der Waals surface area contributed by atoms with E-state index in [1.807, 2.05) is 0 Å². The number of carbonyl (C=O) groups is 2. The molecule has 1 fully saturated rings. The lowest BCUT2D eigenvalue weighted by molar-refractivity contribution is -0.402. The van der Waals surface area contributed by atoms with Gasteiger partial charge in [0.2, 0.25) is 0 Å². The Labute approximate surface area is 142 Å². The highest BCUT2D eigenvalue weighted by Crippen LogP contribution is 2.24. The Kier molecular flexibility index (Phi) is 4.78. The van der Waals surface area contributed by atoms with Crippen LogP contribution in [0.4, 0.5) is 5.88 Å². The summed E-state index contributed by atoms with van der Waals surface area (Å²) in [6.45, 7) is 0.932. The second-order valence-corrected chi connectivity index (χ2v) is 5.49. The van der Waals surface area contributed by atoms with E-state index in [9.17, 15) is 19.7 Å². The molecule has 2 aromatic rings. The van der Waals surface area contributed by atoms with Crippen LogP contribution in [0.25, 0.3) is 0 Å². The first-order valence-corrected chi connectivity index (χ1v) is 7.75. The van der Waals surface area contributed by atoms with Crippen LogP contribution in [0, 0.1) is 10.1 Å². The van der Waals surface area contributed by atoms with E-state index in [2.05, 4.69) is 5.10 Å². The number of likely N-dealkylation sites (tertiary alicyclic amines) is 1. The molecule has 1 aliphatic heterocycles. The van der Waals surface area contributed by atoms with Gasteiger partial charge in [-0.1, -0.05) is 0 Å². The highest BCUT2D eigenvalue weighted by Gasteiger charge is 2.37. The largest absolute Gasteiger partial charge is 0.462 e. The smallest absolute Gasteiger partial charge is 0.433 e. The van der Waals surface area contributed by atoms with Crippen LogP contribution in [0.1, 0.15) is 23.4 Å². The van der Waals surface area contributed by atoms with Crippen molar-refractivity contribution in [3.8, 4) is 0 Å². The molecule has 0 spiro atoms. The van der Waals surface area contributed by atoms with Crippen molar-refractivity contribution in [2.45, 2.75) is 25.4 Å². The van der Waals surface area contributed by atoms with E-state index in [1.54, 1.807) is 23.1 Å². The van der Waals surface area contributed by atoms with Gasteiger partial charge in [-0.3, -0.25) is 19.6 Å². The van der Waals surface area contributed by atoms with Gasteiger partial charge in [-0.25, -0.2) is 4.79 Å². The summed E-state index contributed by atoms with van der Waals surface area (Å²) in [4.78, 5) is 36.0. The highest BCUT2D eigenvalue weighted by molar-refractivity contribution is 5.95. The molecule has 1 unspecified atom stereocenters. The minimum absolute atomic E-state index is 0.144. The summed E-state index contributed by atoms with van der Waals surface area (Å²) in [5.41, 5.74) is 0. The topological polar surface area (TPSA) is 121 Å². The SMILES string of the molecule is O=C(OCCn1cccn1)C1CCCN1C(=O)c1ccc([N+](=O)[O-])o1. The van der Waals surface area contributed by atoms with Crippen LogP contribution in [-0.2, 0) is 16.1 Å². The van der Waals surface area contributed by atoms with Gasteiger partial charge >= 0.3 is 11.9 Å². The van der Waals surface area contributed by atoms with Gasteiger partial charge in [-0.05, 0) is 25.0 Å². The highest BCUT2D eigenvalue weighted by atomic mass is 16.6. The minimum atomic E-state index is -0.720. The third-order valence-electron chi connectivity index (χ3n) is 3.89. The number of ether oxygens (including phenoxy) is 1. The van der Waals surface area contributed by atoms with E-state index < -0.39 is 28.7 Å². The molecule has 1 amide bonds. The van der Waals surface area contributed by atoms with Crippen LogP contribution in [0.2, 0.25) is 0 Å². The maximum Gasteiger partial charge on any atom is 0.433 e. The van der Waals surface area contributed by atoms with Gasteiger partial charge in [0, 0.05) is 18.9 Å². The number of hydrogen-bond donors (Lipinski definition) is 0. The van der Waals surface area contributed by atoms with Gasteiger partial charge in [-0.15, -0.1) is 0 Å². The van der Waals surface area contributed by atoms with Gasteiger partial charge in [0.1, 0.15) is 17.6 Å². The van der Waals surface area contributed by atoms with Crippen molar-refractivity contribution in [2.75, 3.05) is 13.2 Å². The number of aromatic nitrogens is 2. The quantitative estimate of drug-likeness (QED) is 0.437. The van der Waals surface area contributed by atoms with E-state index in [4.69, 9.17) is 9.15 Å². The number of rotatable bonds is 6. The normalized spacial score (nSPS) is 16.8. The average Bonchev–Trinajstić information content (AvgIpc) is 3.33. The Balaban J connectivity index is 1.59. The lowest BCUT2D eigenvalue weighted by Gasteiger charge is -2.22. The number of carbonyl (C=O) groups excluding carboxylic acids is 2. The minimum Gasteiger partial charge on any atom is -0.462 e. The first-order valence-electron chi connectivity index (χ1n) is 7.75. The molecular formula is C15H16N4O6. The maximum absolute atomic E-state index is 12.4. The monoisotopic (exact) mass is 348 g/mol. The molecule has 0 aliphatic carbocycles. The molecule has 0 saturated carbocycles. The molecule has 25 heavy (non-hydrogen) atoms. The molecule has 10 heteroatoms. The van der Waals surface area contributed by atoms with Crippen molar-refractivity contribution in [3.05, 3.63) is 46.5 Å². The summed E-state index contributed by atoms with van der Waals surface area (Å²) in [6.07, 6.45) is 4.51. The Morgan fingerprint density at radius 1 is 1.44 bits per heavy atom. The Hall–Kier alpha value is -3.17. The Morgan fingerprint density at radius 3 is 2.96 bits per heavy atom. The van der Waals surface area contributed by atoms with Crippen LogP contribution in [-0.4, -0.2) is 50.7 Å². The number of nitro groups is 1. The zero-order chi connectivity index (χ0) is 17.8. The van der Waals surface area contributed by atoms with E-state index in [0.29, 0.717) is 25.9 Å². The number of nitrogens with zero attached hydrogens (tertiary/aromatic N) is 4. The molecule has 2 aromatic heterocycles. The van der Waals surface area contributed by atoms with E-state index >= 15 is 0 Å². The maximum atomic E-state index is 12.4. The van der Waals surface area contributed by atoms with Gasteiger partial charge in [0.15, 0.2) is 5.76 Å². The first-order chi connectivity index (χ1) is 12.1. The molecule has 0 radical (unpaired) electrons. The fraction of sp³-hybridized carbons (Fsp3) is 0.400. The summed E-state index contributed by atoms with van der Waals surface area (Å²) < 4.78 is 11.8. The van der Waals surface area contributed by atoms with Gasteiger partial charge in [-0.2, -0.15) is 5.10 Å². The summed E-state index contributed by atoms with van der Waals surface area (Å²) in [7, 11) is 0. The standard InChI is InChI=1S/C15H16N4O6/c20-14(12-4-5-13(25-12)19(22)23)18-8-1-3-11(18)15(21)24-10-9-17-7-2-6-16-17/h2,4-7,11H,1,3,8-10H2. The van der Waals surface area contributed by atoms with Crippen LogP contribution in [0.5, 0.6) is 0 Å². The first kappa shape index (κ1) is 16.7. The van der Waals surface area contributed by atoms with Crippen molar-refractivity contribution < 1.29 is 23.7 Å². The van der Waals surface area contributed by atoms with Crippen molar-refractivity contribution >= 4 is 17.8 Å². The number of amides is 1. The number of esters is 1. The Bertz CT molecular complexity index is 769. The van der Waals surface area contributed by atoms with Crippen molar-refractivity contribution in [2.24, 2.45) is 0 Å². The molecule has 1 aliphatic rings. The predicted octanol–water partition coefficient (Wildman–Crippen LogP) is 1.23. The third-order valence-corrected chi connectivity index (χ3v) is 3.89. The molecule has 3 rings (SSSR count). The zero-order valence-electron chi connectivity index (χ0n) is 13.2. The van der Waals surface area contributed by atoms with E-state index in [-0.39, 0.29) is 12.4 Å². The van der Waals surface area contributed by atoms with Gasteiger partial charge < -0.3 is 14.1 Å². The Morgan fingerprint density at radius 2 is 2.28 bits per heavy atom. The second-order valence-electron chi connectivity index (χ2n) is 5.49. The molecule has 0 aromatic carbocycles. The molecular weight excluding hydrogens is 332 g/mol. The molecule has 0 bridgehead atoms. The summed E-state index contributed by atoms with van der Waals surface area (Å²) >= 11 is 0. The summed E-state index contributed by atoms with van der Waals surface area (Å²) in [5, 5.41) is 14.7. The lowest BCUT2D eigenvalue weighted by atomic mass is 10.2. The van der Waals surface area contributed by atoms with Crippen LogP contribution in [0.3, 0.4) is 0 Å². The third kappa shape index (κ3) is 3.67. The van der Waals surface area contributed by atoms with Crippen LogP contribution >= 0.6 is 0 Å². The van der Waals surface area contributed by atoms with Crippen LogP contribution in [0.15, 0.2) is 35.0 Å². The second kappa shape index (κ2) is 7.16. The van der Waals surface area contributed by atoms with Crippen molar-refractivity contribution in [3.63, 3.8) is 0 Å². The zero-order valence-corrected chi connectivity index (χ0v) is 13.2. The van der Waals surface area contributed by atoms with E-state index in [1.165, 1.54) is 11.0 Å².